The number of aryl methyl sites for hydroxylation is 1. The van der Waals surface area contributed by atoms with Crippen LogP contribution in [0, 0.1) is 6.92 Å². The number of nitrogens with zero attached hydrogens (tertiary/aromatic N) is 1. The third-order valence-electron chi connectivity index (χ3n) is 13.5. The van der Waals surface area contributed by atoms with Crippen molar-refractivity contribution in [2.45, 2.75) is 19.3 Å². The zero-order valence-corrected chi connectivity index (χ0v) is 35.7. The number of aromatic nitrogens is 1. The van der Waals surface area contributed by atoms with Gasteiger partial charge in [-0.3, -0.25) is 0 Å². The van der Waals surface area contributed by atoms with Gasteiger partial charge in [0.05, 0.1) is 11.0 Å². The molecule has 1 aliphatic rings. The number of hydrogen-bond donors (Lipinski definition) is 0. The Morgan fingerprint density at radius 2 is 0.891 bits per heavy atom. The van der Waals surface area contributed by atoms with Gasteiger partial charge in [0.2, 0.25) is 0 Å². The maximum absolute atomic E-state index is 2.45. The SMILES string of the molecule is Cc1ccccc1-c1ccccc1Cc1cc(-c2ccccc2)cc(-c2ccc(C3c4ccccc4-c4cc(-n5c6ccccc6c6ccccc65)ccc43)c(-c3ccccc3)c2)c1. The average molecular weight is 816 g/mol. The van der Waals surface area contributed by atoms with Gasteiger partial charge >= 0.3 is 0 Å². The van der Waals surface area contributed by atoms with E-state index in [1.165, 1.54) is 117 Å². The van der Waals surface area contributed by atoms with E-state index in [0.717, 1.165) is 6.42 Å². The van der Waals surface area contributed by atoms with E-state index < -0.39 is 0 Å². The van der Waals surface area contributed by atoms with Crippen molar-refractivity contribution in [1.29, 1.82) is 0 Å². The van der Waals surface area contributed by atoms with Crippen LogP contribution in [0.1, 0.15) is 39.3 Å². The summed E-state index contributed by atoms with van der Waals surface area (Å²) in [5, 5.41) is 2.55. The summed E-state index contributed by atoms with van der Waals surface area (Å²) in [6, 6.07) is 87.6. The Bertz CT molecular complexity index is 3480. The molecule has 1 heteroatoms. The second-order valence-corrected chi connectivity index (χ2v) is 17.3. The minimum atomic E-state index is 0.0758. The van der Waals surface area contributed by atoms with E-state index in [4.69, 9.17) is 0 Å². The van der Waals surface area contributed by atoms with Crippen molar-refractivity contribution in [1.82, 2.24) is 4.57 Å². The number of benzene rings is 10. The van der Waals surface area contributed by atoms with Crippen molar-refractivity contribution in [3.8, 4) is 61.3 Å². The third-order valence-corrected chi connectivity index (χ3v) is 13.5. The lowest BCUT2D eigenvalue weighted by Crippen LogP contribution is -2.03. The Labute approximate surface area is 375 Å². The van der Waals surface area contributed by atoms with Gasteiger partial charge in [0.25, 0.3) is 0 Å². The standard InChI is InChI=1S/C63H45N/c1-42-18-8-10-24-51(42)52-25-11-9-23-47(52)36-43-37-48(44-19-4-2-5-20-44)39-49(38-43)46-32-34-57(59(40-46)45-21-6-3-7-22-45)63-56-29-13-12-26-53(56)60-41-50(33-35-58(60)63)64-61-30-16-14-27-54(61)55-28-15-17-31-62(55)64/h2-35,37-41,63H,36H2,1H3. The highest BCUT2D eigenvalue weighted by molar-refractivity contribution is 6.09. The number of rotatable bonds is 8. The van der Waals surface area contributed by atoms with Gasteiger partial charge in [0.1, 0.15) is 0 Å². The smallest absolute Gasteiger partial charge is 0.0541 e. The molecule has 1 nitrogen and oxygen atoms in total. The average Bonchev–Trinajstić information content (AvgIpc) is 3.87. The molecule has 12 rings (SSSR count). The van der Waals surface area contributed by atoms with Crippen LogP contribution in [0.15, 0.2) is 237 Å². The van der Waals surface area contributed by atoms with Crippen LogP contribution in [-0.2, 0) is 6.42 Å². The number of fused-ring (bicyclic) bond motifs is 6. The third kappa shape index (κ3) is 6.48. The van der Waals surface area contributed by atoms with Crippen LogP contribution in [0.25, 0.3) is 83.1 Å². The predicted octanol–water partition coefficient (Wildman–Crippen LogP) is 16.5. The van der Waals surface area contributed by atoms with Gasteiger partial charge in [0.15, 0.2) is 0 Å². The fourth-order valence-electron chi connectivity index (χ4n) is 10.5. The lowest BCUT2D eigenvalue weighted by atomic mass is 9.82. The molecule has 302 valence electrons. The van der Waals surface area contributed by atoms with Gasteiger partial charge in [-0.25, -0.2) is 0 Å². The zero-order valence-electron chi connectivity index (χ0n) is 35.7. The van der Waals surface area contributed by atoms with Gasteiger partial charge in [-0.2, -0.15) is 0 Å². The summed E-state index contributed by atoms with van der Waals surface area (Å²) in [5.41, 5.74) is 24.1. The molecule has 10 aromatic carbocycles. The van der Waals surface area contributed by atoms with Crippen molar-refractivity contribution in [3.05, 3.63) is 270 Å². The summed E-state index contributed by atoms with van der Waals surface area (Å²) in [4.78, 5) is 0. The highest BCUT2D eigenvalue weighted by Gasteiger charge is 2.32. The topological polar surface area (TPSA) is 4.93 Å². The summed E-state index contributed by atoms with van der Waals surface area (Å²) in [7, 11) is 0. The molecule has 1 atom stereocenters. The quantitative estimate of drug-likeness (QED) is 0.144. The molecule has 11 aromatic rings. The first kappa shape index (κ1) is 37.7. The molecule has 0 bridgehead atoms. The minimum Gasteiger partial charge on any atom is -0.309 e. The lowest BCUT2D eigenvalue weighted by Gasteiger charge is -2.21. The highest BCUT2D eigenvalue weighted by Crippen LogP contribution is 2.51. The van der Waals surface area contributed by atoms with Crippen molar-refractivity contribution in [2.24, 2.45) is 0 Å². The molecule has 0 amide bonds. The molecule has 1 unspecified atom stereocenters. The van der Waals surface area contributed by atoms with Crippen molar-refractivity contribution in [2.75, 3.05) is 0 Å². The highest BCUT2D eigenvalue weighted by atomic mass is 15.0. The van der Waals surface area contributed by atoms with E-state index in [0.29, 0.717) is 0 Å². The van der Waals surface area contributed by atoms with Crippen LogP contribution in [-0.4, -0.2) is 4.57 Å². The molecule has 0 N–H and O–H groups in total. The van der Waals surface area contributed by atoms with Crippen LogP contribution in [0.4, 0.5) is 0 Å². The summed E-state index contributed by atoms with van der Waals surface area (Å²) in [6.45, 7) is 2.21. The lowest BCUT2D eigenvalue weighted by molar-refractivity contribution is 1.02. The molecule has 0 aliphatic heterocycles. The van der Waals surface area contributed by atoms with E-state index in [-0.39, 0.29) is 5.92 Å². The van der Waals surface area contributed by atoms with Crippen LogP contribution in [0.2, 0.25) is 0 Å². The maximum atomic E-state index is 2.45. The van der Waals surface area contributed by atoms with Crippen molar-refractivity contribution in [3.63, 3.8) is 0 Å². The Kier molecular flexibility index (Phi) is 9.27. The van der Waals surface area contributed by atoms with Crippen LogP contribution in [0.5, 0.6) is 0 Å². The molecule has 1 heterocycles. The van der Waals surface area contributed by atoms with Crippen LogP contribution in [0.3, 0.4) is 0 Å². The summed E-state index contributed by atoms with van der Waals surface area (Å²) in [6.07, 6.45) is 0.827. The summed E-state index contributed by atoms with van der Waals surface area (Å²) < 4.78 is 2.43. The molecule has 0 radical (unpaired) electrons. The van der Waals surface area contributed by atoms with Gasteiger partial charge in [-0.15, -0.1) is 0 Å². The molecule has 0 fully saturated rings. The second-order valence-electron chi connectivity index (χ2n) is 17.3. The van der Waals surface area contributed by atoms with Gasteiger partial charge in [0, 0.05) is 22.4 Å². The van der Waals surface area contributed by atoms with Crippen LogP contribution >= 0.6 is 0 Å². The van der Waals surface area contributed by atoms with Gasteiger partial charge in [-0.05, 0) is 139 Å². The van der Waals surface area contributed by atoms with E-state index in [2.05, 4.69) is 248 Å². The van der Waals surface area contributed by atoms with E-state index in [1.54, 1.807) is 0 Å². The largest absolute Gasteiger partial charge is 0.309 e. The van der Waals surface area contributed by atoms with Gasteiger partial charge in [-0.1, -0.05) is 200 Å². The number of hydrogen-bond acceptors (Lipinski definition) is 0. The Balaban J connectivity index is 1.01. The zero-order chi connectivity index (χ0) is 42.6. The van der Waals surface area contributed by atoms with Gasteiger partial charge < -0.3 is 4.57 Å². The first-order chi connectivity index (χ1) is 31.7. The molecule has 0 saturated carbocycles. The predicted molar refractivity (Wildman–Crippen MR) is 269 cm³/mol. The monoisotopic (exact) mass is 815 g/mol. The summed E-state index contributed by atoms with van der Waals surface area (Å²) in [5.74, 6) is 0.0758. The normalized spacial score (nSPS) is 13.0. The Hall–Kier alpha value is -8.00. The first-order valence-corrected chi connectivity index (χ1v) is 22.4. The molecule has 0 spiro atoms. The van der Waals surface area contributed by atoms with E-state index >= 15 is 0 Å². The fraction of sp³-hybridized carbons (Fsp3) is 0.0476. The fourth-order valence-corrected chi connectivity index (χ4v) is 10.5. The first-order valence-electron chi connectivity index (χ1n) is 22.4. The van der Waals surface area contributed by atoms with Crippen molar-refractivity contribution >= 4 is 21.8 Å². The van der Waals surface area contributed by atoms with Crippen molar-refractivity contribution < 1.29 is 0 Å². The van der Waals surface area contributed by atoms with E-state index in [1.807, 2.05) is 0 Å². The van der Waals surface area contributed by atoms with Crippen LogP contribution < -0.4 is 0 Å². The second kappa shape index (κ2) is 15.7. The summed E-state index contributed by atoms with van der Waals surface area (Å²) >= 11 is 0. The molecule has 1 aliphatic carbocycles. The Morgan fingerprint density at radius 1 is 0.344 bits per heavy atom. The number of para-hydroxylation sites is 2. The maximum Gasteiger partial charge on any atom is 0.0541 e. The molecular weight excluding hydrogens is 771 g/mol. The molecular formula is C63H45N. The minimum absolute atomic E-state index is 0.0758. The molecule has 1 aromatic heterocycles. The molecule has 64 heavy (non-hydrogen) atoms. The van der Waals surface area contributed by atoms with E-state index in [9.17, 15) is 0 Å². The Morgan fingerprint density at radius 3 is 1.62 bits per heavy atom. The molecule has 0 saturated heterocycles.